The maximum absolute atomic E-state index is 8.87. The monoisotopic (exact) mass is 314 g/mol. The van der Waals surface area contributed by atoms with E-state index in [-0.39, 0.29) is 6.04 Å². The number of nitrogens with one attached hydrogen (secondary N) is 1. The summed E-state index contributed by atoms with van der Waals surface area (Å²) in [4.78, 5) is 0. The molecule has 0 aliphatic heterocycles. The van der Waals surface area contributed by atoms with Gasteiger partial charge in [0, 0.05) is 17.1 Å². The van der Waals surface area contributed by atoms with Crippen LogP contribution in [-0.4, -0.2) is 0 Å². The fourth-order valence-electron chi connectivity index (χ4n) is 1.89. The van der Waals surface area contributed by atoms with Crippen LogP contribution in [0.1, 0.15) is 29.7 Å². The molecule has 0 saturated carbocycles. The lowest BCUT2D eigenvalue weighted by Crippen LogP contribution is -2.18. The maximum Gasteiger partial charge on any atom is 0.0991 e. The van der Waals surface area contributed by atoms with Crippen molar-refractivity contribution >= 4 is 15.9 Å². The van der Waals surface area contributed by atoms with Crippen LogP contribution in [0.2, 0.25) is 0 Å². The Morgan fingerprint density at radius 3 is 2.63 bits per heavy atom. The minimum atomic E-state index is 0.277. The molecule has 0 spiro atoms. The fraction of sp³-hybridized carbons (Fsp3) is 0.188. The van der Waals surface area contributed by atoms with E-state index >= 15 is 0 Å². The minimum Gasteiger partial charge on any atom is -0.306 e. The third kappa shape index (κ3) is 3.92. The number of hydrogen-bond acceptors (Lipinski definition) is 2. The first-order valence-electron chi connectivity index (χ1n) is 6.17. The highest BCUT2D eigenvalue weighted by molar-refractivity contribution is 9.10. The molecule has 1 N–H and O–H groups in total. The van der Waals surface area contributed by atoms with Gasteiger partial charge in [0.15, 0.2) is 0 Å². The lowest BCUT2D eigenvalue weighted by atomic mass is 10.1. The Morgan fingerprint density at radius 2 is 1.95 bits per heavy atom. The zero-order valence-corrected chi connectivity index (χ0v) is 12.3. The molecule has 0 aliphatic rings. The molecule has 0 bridgehead atoms. The second-order valence-electron chi connectivity index (χ2n) is 4.47. The van der Waals surface area contributed by atoms with Gasteiger partial charge in [-0.1, -0.05) is 40.2 Å². The van der Waals surface area contributed by atoms with Gasteiger partial charge in [-0.15, -0.1) is 0 Å². The van der Waals surface area contributed by atoms with Gasteiger partial charge in [-0.25, -0.2) is 0 Å². The van der Waals surface area contributed by atoms with Gasteiger partial charge in [-0.2, -0.15) is 5.26 Å². The highest BCUT2D eigenvalue weighted by Crippen LogP contribution is 2.17. The van der Waals surface area contributed by atoms with Crippen LogP contribution in [0.15, 0.2) is 53.0 Å². The standard InChI is InChI=1S/C16H15BrN2/c1-12(15-5-7-16(17)8-6-15)19-11-14-4-2-3-13(9-14)10-18/h2-9,12,19H,11H2,1H3/t12-/m0/s1. The van der Waals surface area contributed by atoms with E-state index in [1.165, 1.54) is 5.56 Å². The second-order valence-corrected chi connectivity index (χ2v) is 5.38. The lowest BCUT2D eigenvalue weighted by molar-refractivity contribution is 0.574. The average molecular weight is 315 g/mol. The lowest BCUT2D eigenvalue weighted by Gasteiger charge is -2.14. The van der Waals surface area contributed by atoms with Crippen molar-refractivity contribution in [2.24, 2.45) is 0 Å². The van der Waals surface area contributed by atoms with Gasteiger partial charge < -0.3 is 5.32 Å². The summed E-state index contributed by atoms with van der Waals surface area (Å²) in [5, 5.41) is 12.3. The molecule has 0 radical (unpaired) electrons. The van der Waals surface area contributed by atoms with Gasteiger partial charge in [-0.05, 0) is 42.3 Å². The van der Waals surface area contributed by atoms with Crippen molar-refractivity contribution in [3.8, 4) is 6.07 Å². The predicted octanol–water partition coefficient (Wildman–Crippen LogP) is 4.17. The molecule has 19 heavy (non-hydrogen) atoms. The van der Waals surface area contributed by atoms with Crippen molar-refractivity contribution < 1.29 is 0 Å². The maximum atomic E-state index is 8.87. The Balaban J connectivity index is 1.98. The molecule has 0 aromatic heterocycles. The van der Waals surface area contributed by atoms with Crippen molar-refractivity contribution in [3.05, 3.63) is 69.7 Å². The predicted molar refractivity (Wildman–Crippen MR) is 80.6 cm³/mol. The zero-order chi connectivity index (χ0) is 13.7. The van der Waals surface area contributed by atoms with E-state index in [9.17, 15) is 0 Å². The van der Waals surface area contributed by atoms with Gasteiger partial charge in [0.2, 0.25) is 0 Å². The molecule has 0 unspecified atom stereocenters. The number of hydrogen-bond donors (Lipinski definition) is 1. The van der Waals surface area contributed by atoms with Crippen molar-refractivity contribution in [2.45, 2.75) is 19.5 Å². The number of nitrogens with zero attached hydrogens (tertiary/aromatic N) is 1. The van der Waals surface area contributed by atoms with Crippen LogP contribution in [-0.2, 0) is 6.54 Å². The molecule has 1 atom stereocenters. The molecule has 3 heteroatoms. The molecular formula is C16H15BrN2. The summed E-state index contributed by atoms with van der Waals surface area (Å²) in [7, 11) is 0. The summed E-state index contributed by atoms with van der Waals surface area (Å²) in [6.45, 7) is 2.89. The molecule has 0 heterocycles. The quantitative estimate of drug-likeness (QED) is 0.919. The third-order valence-corrected chi connectivity index (χ3v) is 3.57. The summed E-state index contributed by atoms with van der Waals surface area (Å²) in [5.74, 6) is 0. The Bertz CT molecular complexity index is 584. The van der Waals surface area contributed by atoms with Crippen LogP contribution < -0.4 is 5.32 Å². The van der Waals surface area contributed by atoms with E-state index in [0.29, 0.717) is 5.56 Å². The van der Waals surface area contributed by atoms with Crippen LogP contribution in [0.5, 0.6) is 0 Å². The highest BCUT2D eigenvalue weighted by Gasteiger charge is 2.04. The van der Waals surface area contributed by atoms with E-state index in [4.69, 9.17) is 5.26 Å². The molecule has 2 aromatic carbocycles. The molecule has 2 nitrogen and oxygen atoms in total. The summed E-state index contributed by atoms with van der Waals surface area (Å²) < 4.78 is 1.09. The first-order chi connectivity index (χ1) is 9.19. The average Bonchev–Trinajstić information content (AvgIpc) is 2.46. The van der Waals surface area contributed by atoms with Crippen LogP contribution in [0.4, 0.5) is 0 Å². The third-order valence-electron chi connectivity index (χ3n) is 3.04. The molecule has 0 fully saturated rings. The molecule has 2 rings (SSSR count). The number of benzene rings is 2. The first-order valence-corrected chi connectivity index (χ1v) is 6.96. The van der Waals surface area contributed by atoms with Crippen molar-refractivity contribution in [3.63, 3.8) is 0 Å². The molecule has 0 amide bonds. The van der Waals surface area contributed by atoms with Gasteiger partial charge in [0.1, 0.15) is 0 Å². The van der Waals surface area contributed by atoms with Gasteiger partial charge in [-0.3, -0.25) is 0 Å². The van der Waals surface area contributed by atoms with E-state index in [2.05, 4.69) is 46.4 Å². The Morgan fingerprint density at radius 1 is 1.21 bits per heavy atom. The van der Waals surface area contributed by atoms with Gasteiger partial charge >= 0.3 is 0 Å². The number of halogens is 1. The molecule has 0 saturated heterocycles. The normalized spacial score (nSPS) is 11.8. The Hall–Kier alpha value is -1.63. The summed E-state index contributed by atoms with van der Waals surface area (Å²) in [5.41, 5.74) is 3.08. The van der Waals surface area contributed by atoms with Crippen molar-refractivity contribution in [2.75, 3.05) is 0 Å². The van der Waals surface area contributed by atoms with Gasteiger partial charge in [0.25, 0.3) is 0 Å². The Labute approximate surface area is 122 Å². The summed E-state index contributed by atoms with van der Waals surface area (Å²) in [6, 6.07) is 18.4. The number of rotatable bonds is 4. The molecule has 0 aliphatic carbocycles. The molecule has 2 aromatic rings. The van der Waals surface area contributed by atoms with E-state index in [0.717, 1.165) is 16.6 Å². The van der Waals surface area contributed by atoms with E-state index in [1.54, 1.807) is 0 Å². The minimum absolute atomic E-state index is 0.277. The van der Waals surface area contributed by atoms with Crippen molar-refractivity contribution in [1.29, 1.82) is 5.26 Å². The zero-order valence-electron chi connectivity index (χ0n) is 10.7. The Kier molecular flexibility index (Phi) is 4.73. The highest BCUT2D eigenvalue weighted by atomic mass is 79.9. The van der Waals surface area contributed by atoms with Crippen LogP contribution >= 0.6 is 15.9 Å². The SMILES string of the molecule is C[C@H](NCc1cccc(C#N)c1)c1ccc(Br)cc1. The molecular weight excluding hydrogens is 300 g/mol. The smallest absolute Gasteiger partial charge is 0.0991 e. The number of nitriles is 1. The van der Waals surface area contributed by atoms with Gasteiger partial charge in [0.05, 0.1) is 11.6 Å². The summed E-state index contributed by atoms with van der Waals surface area (Å²) in [6.07, 6.45) is 0. The fourth-order valence-corrected chi connectivity index (χ4v) is 2.16. The van der Waals surface area contributed by atoms with Crippen LogP contribution in [0, 0.1) is 11.3 Å². The van der Waals surface area contributed by atoms with E-state index < -0.39 is 0 Å². The first kappa shape index (κ1) is 13.8. The van der Waals surface area contributed by atoms with Crippen LogP contribution in [0.3, 0.4) is 0 Å². The summed E-state index contributed by atoms with van der Waals surface area (Å²) >= 11 is 3.44. The largest absolute Gasteiger partial charge is 0.306 e. The molecule has 96 valence electrons. The topological polar surface area (TPSA) is 35.8 Å². The second kappa shape index (κ2) is 6.51. The van der Waals surface area contributed by atoms with E-state index in [1.807, 2.05) is 36.4 Å². The van der Waals surface area contributed by atoms with Crippen molar-refractivity contribution in [1.82, 2.24) is 5.32 Å². The van der Waals surface area contributed by atoms with Crippen LogP contribution in [0.25, 0.3) is 0 Å².